The summed E-state index contributed by atoms with van der Waals surface area (Å²) in [4.78, 5) is 4.99. The van der Waals surface area contributed by atoms with Crippen molar-refractivity contribution in [2.24, 2.45) is 5.92 Å². The molecule has 1 aliphatic rings. The lowest BCUT2D eigenvalue weighted by molar-refractivity contribution is 0.153. The molecule has 3 nitrogen and oxygen atoms in total. The van der Waals surface area contributed by atoms with Gasteiger partial charge in [-0.3, -0.25) is 0 Å². The molecule has 0 amide bonds. The average molecular weight is 373 g/mol. The number of phenols is 1. The quantitative estimate of drug-likeness (QED) is 0.778. The number of likely N-dealkylation sites (tertiary alicyclic amines) is 1. The highest BCUT2D eigenvalue weighted by molar-refractivity contribution is 6.30. The highest BCUT2D eigenvalue weighted by Crippen LogP contribution is 2.20. The number of hydrogen-bond donors (Lipinski definition) is 1. The lowest BCUT2D eigenvalue weighted by Gasteiger charge is -2.34. The maximum absolute atomic E-state index is 9.38. The van der Waals surface area contributed by atoms with Crippen LogP contribution in [-0.4, -0.2) is 48.1 Å². The molecule has 1 saturated heterocycles. The number of phenolic OH excluding ortho intramolecular Hbond substituents is 1. The molecule has 0 bridgehead atoms. The summed E-state index contributed by atoms with van der Waals surface area (Å²) in [6.45, 7) is 5.62. The van der Waals surface area contributed by atoms with Gasteiger partial charge in [0, 0.05) is 24.7 Å². The first-order chi connectivity index (χ1) is 12.6. The van der Waals surface area contributed by atoms with E-state index in [-0.39, 0.29) is 0 Å². The van der Waals surface area contributed by atoms with Crippen molar-refractivity contribution >= 4 is 11.6 Å². The summed E-state index contributed by atoms with van der Waals surface area (Å²) in [7, 11) is 2.19. The highest BCUT2D eigenvalue weighted by Gasteiger charge is 2.20. The third-order valence-corrected chi connectivity index (χ3v) is 5.55. The van der Waals surface area contributed by atoms with Gasteiger partial charge in [0.05, 0.1) is 0 Å². The monoisotopic (exact) mass is 372 g/mol. The van der Waals surface area contributed by atoms with E-state index in [1.165, 1.54) is 37.1 Å². The van der Waals surface area contributed by atoms with Crippen molar-refractivity contribution in [2.45, 2.75) is 25.8 Å². The molecule has 0 atom stereocenters. The van der Waals surface area contributed by atoms with Crippen molar-refractivity contribution in [3.05, 3.63) is 64.7 Å². The highest BCUT2D eigenvalue weighted by atomic mass is 35.5. The third kappa shape index (κ3) is 6.01. The third-order valence-electron chi connectivity index (χ3n) is 5.30. The van der Waals surface area contributed by atoms with Crippen LogP contribution in [0.4, 0.5) is 0 Å². The summed E-state index contributed by atoms with van der Waals surface area (Å²) in [5.41, 5.74) is 2.62. The standard InChI is InChI=1S/C22H29ClN2O/c1-24(16-19-4-8-22(26)9-5-19)17-20-11-14-25(15-12-20)13-10-18-2-6-21(23)7-3-18/h2-9,20,26H,10-17H2,1H3. The number of hydrogen-bond acceptors (Lipinski definition) is 3. The van der Waals surface area contributed by atoms with Crippen molar-refractivity contribution in [1.29, 1.82) is 0 Å². The molecule has 1 aliphatic heterocycles. The summed E-state index contributed by atoms with van der Waals surface area (Å²) in [5, 5.41) is 10.2. The molecule has 0 aromatic heterocycles. The Morgan fingerprint density at radius 1 is 1.00 bits per heavy atom. The molecule has 0 saturated carbocycles. The van der Waals surface area contributed by atoms with Crippen molar-refractivity contribution < 1.29 is 5.11 Å². The van der Waals surface area contributed by atoms with Crippen molar-refractivity contribution in [3.63, 3.8) is 0 Å². The van der Waals surface area contributed by atoms with Crippen LogP contribution in [0.25, 0.3) is 0 Å². The number of aromatic hydroxyl groups is 1. The summed E-state index contributed by atoms with van der Waals surface area (Å²) in [6, 6.07) is 15.8. The molecule has 0 radical (unpaired) electrons. The van der Waals surface area contributed by atoms with Gasteiger partial charge < -0.3 is 14.9 Å². The molecule has 140 valence electrons. The fourth-order valence-corrected chi connectivity index (χ4v) is 3.88. The van der Waals surface area contributed by atoms with E-state index >= 15 is 0 Å². The van der Waals surface area contributed by atoms with E-state index in [1.807, 2.05) is 24.3 Å². The maximum atomic E-state index is 9.38. The lowest BCUT2D eigenvalue weighted by Crippen LogP contribution is -2.38. The van der Waals surface area contributed by atoms with Gasteiger partial charge in [0.15, 0.2) is 0 Å². The van der Waals surface area contributed by atoms with Gasteiger partial charge in [0.2, 0.25) is 0 Å². The van der Waals surface area contributed by atoms with Crippen LogP contribution in [0, 0.1) is 5.92 Å². The normalized spacial score (nSPS) is 16.3. The van der Waals surface area contributed by atoms with E-state index < -0.39 is 0 Å². The van der Waals surface area contributed by atoms with Gasteiger partial charge in [-0.25, -0.2) is 0 Å². The Hall–Kier alpha value is -1.55. The molecule has 3 rings (SSSR count). The number of halogens is 1. The zero-order chi connectivity index (χ0) is 18.4. The Morgan fingerprint density at radius 2 is 1.62 bits per heavy atom. The topological polar surface area (TPSA) is 26.7 Å². The van der Waals surface area contributed by atoms with Gasteiger partial charge in [-0.05, 0) is 80.7 Å². The smallest absolute Gasteiger partial charge is 0.115 e. The summed E-state index contributed by atoms with van der Waals surface area (Å²) < 4.78 is 0. The van der Waals surface area contributed by atoms with E-state index in [0.717, 1.165) is 37.0 Å². The minimum absolute atomic E-state index is 0.336. The SMILES string of the molecule is CN(Cc1ccc(O)cc1)CC1CCN(CCc2ccc(Cl)cc2)CC1. The molecule has 0 aliphatic carbocycles. The second-order valence-electron chi connectivity index (χ2n) is 7.52. The molecule has 0 unspecified atom stereocenters. The predicted octanol–water partition coefficient (Wildman–Crippen LogP) is 4.43. The van der Waals surface area contributed by atoms with Gasteiger partial charge in [-0.1, -0.05) is 35.9 Å². The zero-order valence-electron chi connectivity index (χ0n) is 15.6. The van der Waals surface area contributed by atoms with Crippen LogP contribution in [0.5, 0.6) is 5.75 Å². The first-order valence-corrected chi connectivity index (χ1v) is 9.89. The van der Waals surface area contributed by atoms with Crippen molar-refractivity contribution in [2.75, 3.05) is 33.2 Å². The van der Waals surface area contributed by atoms with Crippen LogP contribution >= 0.6 is 11.6 Å². The first-order valence-electron chi connectivity index (χ1n) is 9.52. The van der Waals surface area contributed by atoms with Crippen LogP contribution in [0.1, 0.15) is 24.0 Å². The van der Waals surface area contributed by atoms with E-state index in [4.69, 9.17) is 11.6 Å². The zero-order valence-corrected chi connectivity index (χ0v) is 16.3. The molecule has 1 fully saturated rings. The molecule has 1 heterocycles. The van der Waals surface area contributed by atoms with Gasteiger partial charge in [0.25, 0.3) is 0 Å². The number of rotatable bonds is 7. The summed E-state index contributed by atoms with van der Waals surface area (Å²) >= 11 is 5.95. The summed E-state index contributed by atoms with van der Waals surface area (Å²) in [5.74, 6) is 1.12. The molecule has 0 spiro atoms. The fraction of sp³-hybridized carbons (Fsp3) is 0.455. The number of nitrogens with zero attached hydrogens (tertiary/aromatic N) is 2. The van der Waals surface area contributed by atoms with Crippen LogP contribution in [0.3, 0.4) is 0 Å². The van der Waals surface area contributed by atoms with E-state index in [1.54, 1.807) is 12.1 Å². The van der Waals surface area contributed by atoms with Crippen LogP contribution < -0.4 is 0 Å². The van der Waals surface area contributed by atoms with Crippen LogP contribution in [0.15, 0.2) is 48.5 Å². The molecular formula is C22H29ClN2O. The molecule has 2 aromatic rings. The van der Waals surface area contributed by atoms with Gasteiger partial charge in [-0.2, -0.15) is 0 Å². The Labute approximate surface area is 162 Å². The predicted molar refractivity (Wildman–Crippen MR) is 109 cm³/mol. The van der Waals surface area contributed by atoms with Gasteiger partial charge in [0.1, 0.15) is 5.75 Å². The molecule has 1 N–H and O–H groups in total. The minimum atomic E-state index is 0.336. The van der Waals surface area contributed by atoms with Crippen LogP contribution in [0.2, 0.25) is 5.02 Å². The molecule has 4 heteroatoms. The van der Waals surface area contributed by atoms with Gasteiger partial charge >= 0.3 is 0 Å². The lowest BCUT2D eigenvalue weighted by atomic mass is 9.96. The maximum Gasteiger partial charge on any atom is 0.115 e. The average Bonchev–Trinajstić information content (AvgIpc) is 2.64. The van der Waals surface area contributed by atoms with E-state index in [9.17, 15) is 5.11 Å². The fourth-order valence-electron chi connectivity index (χ4n) is 3.75. The Bertz CT molecular complexity index is 664. The molecular weight excluding hydrogens is 344 g/mol. The van der Waals surface area contributed by atoms with E-state index in [0.29, 0.717) is 5.75 Å². The Kier molecular flexibility index (Phi) is 6.95. The molecule has 2 aromatic carbocycles. The number of benzene rings is 2. The second-order valence-corrected chi connectivity index (χ2v) is 7.96. The minimum Gasteiger partial charge on any atom is -0.508 e. The molecule has 26 heavy (non-hydrogen) atoms. The second kappa shape index (κ2) is 9.40. The Balaban J connectivity index is 1.36. The van der Waals surface area contributed by atoms with Crippen molar-refractivity contribution in [1.82, 2.24) is 9.80 Å². The summed E-state index contributed by atoms with van der Waals surface area (Å²) in [6.07, 6.45) is 3.66. The number of piperidine rings is 1. The van der Waals surface area contributed by atoms with Gasteiger partial charge in [-0.15, -0.1) is 0 Å². The van der Waals surface area contributed by atoms with Crippen molar-refractivity contribution in [3.8, 4) is 5.75 Å². The largest absolute Gasteiger partial charge is 0.508 e. The van der Waals surface area contributed by atoms with E-state index in [2.05, 4.69) is 29.0 Å². The van der Waals surface area contributed by atoms with Crippen LogP contribution in [-0.2, 0) is 13.0 Å². The first kappa shape index (κ1) is 19.2. The Morgan fingerprint density at radius 3 is 2.27 bits per heavy atom.